The Balaban J connectivity index is 1.66. The molecule has 1 aliphatic carbocycles. The fraction of sp³-hybridized carbons (Fsp3) is 0.292. The molecule has 1 heterocycles. The average molecular weight is 542 g/mol. The number of aromatic nitrogens is 1. The number of anilines is 1. The van der Waals surface area contributed by atoms with Gasteiger partial charge in [0.1, 0.15) is 11.4 Å². The van der Waals surface area contributed by atoms with Crippen LogP contribution in [-0.2, 0) is 0 Å². The van der Waals surface area contributed by atoms with Gasteiger partial charge >= 0.3 is 0 Å². The minimum atomic E-state index is -0.541. The van der Waals surface area contributed by atoms with Crippen LogP contribution in [0.25, 0.3) is 10.8 Å². The minimum absolute atomic E-state index is 0.0194. The Morgan fingerprint density at radius 3 is 2.57 bits per heavy atom. The van der Waals surface area contributed by atoms with Crippen LogP contribution in [-0.4, -0.2) is 46.0 Å². The number of benzene rings is 2. The summed E-state index contributed by atoms with van der Waals surface area (Å²) in [6, 6.07) is 7.10. The smallest absolute Gasteiger partial charge is 0.294 e. The van der Waals surface area contributed by atoms with Crippen molar-refractivity contribution in [3.63, 3.8) is 0 Å². The van der Waals surface area contributed by atoms with Gasteiger partial charge in [-0.05, 0) is 25.0 Å². The number of fused-ring (bicyclic) bond motifs is 1. The number of hydrogen-bond donors (Lipinski definition) is 4. The molecular weight excluding hydrogens is 518 g/mol. The molecular formula is C24H24BrN5O5. The fourth-order valence-corrected chi connectivity index (χ4v) is 4.94. The second-order valence-corrected chi connectivity index (χ2v) is 9.28. The van der Waals surface area contributed by atoms with E-state index in [1.165, 1.54) is 31.4 Å². The Labute approximate surface area is 209 Å². The van der Waals surface area contributed by atoms with Crippen LogP contribution in [0.1, 0.15) is 46.4 Å². The maximum Gasteiger partial charge on any atom is 0.294 e. The van der Waals surface area contributed by atoms with E-state index in [0.717, 1.165) is 12.8 Å². The number of aromatic hydroxyl groups is 1. The number of nitrogens with zero attached hydrogens (tertiary/aromatic N) is 2. The summed E-state index contributed by atoms with van der Waals surface area (Å²) in [6.45, 7) is 0. The van der Waals surface area contributed by atoms with Gasteiger partial charge in [-0.15, -0.1) is 0 Å². The summed E-state index contributed by atoms with van der Waals surface area (Å²) in [5.41, 5.74) is 0.239. The normalized spacial score (nSPS) is 17.5. The zero-order chi connectivity index (χ0) is 25.1. The number of carbonyl (C=O) groups is 2. The summed E-state index contributed by atoms with van der Waals surface area (Å²) in [5, 5.41) is 31.9. The van der Waals surface area contributed by atoms with Crippen LogP contribution in [0.5, 0.6) is 5.75 Å². The van der Waals surface area contributed by atoms with E-state index >= 15 is 0 Å². The van der Waals surface area contributed by atoms with E-state index in [9.17, 15) is 24.8 Å². The summed E-state index contributed by atoms with van der Waals surface area (Å²) in [4.78, 5) is 41.1. The molecule has 35 heavy (non-hydrogen) atoms. The standard InChI is InChI=1S/C24H24BrN5O5/c1-26-23(32)15-9-14(25)10-19(30(34)35)22(15)28-17-6-2-3-7-18(17)29-24(33)16-12-27-11-13-5-4-8-20(31)21(13)16/h4-5,8-12,17-18,28,31H,2-3,6-7H2,1H3,(H,26,32)(H,29,33). The first kappa shape index (κ1) is 24.4. The van der Waals surface area contributed by atoms with Crippen molar-refractivity contribution >= 4 is 49.9 Å². The molecule has 3 aromatic rings. The van der Waals surface area contributed by atoms with Gasteiger partial charge in [-0.3, -0.25) is 24.7 Å². The number of rotatable bonds is 6. The number of phenolic OH excluding ortho intramolecular Hbond substituents is 1. The lowest BCUT2D eigenvalue weighted by Gasteiger charge is -2.34. The van der Waals surface area contributed by atoms with E-state index in [-0.39, 0.29) is 40.3 Å². The summed E-state index contributed by atoms with van der Waals surface area (Å²) >= 11 is 3.24. The lowest BCUT2D eigenvalue weighted by atomic mass is 9.89. The van der Waals surface area contributed by atoms with Gasteiger partial charge in [-0.25, -0.2) is 0 Å². The molecule has 4 rings (SSSR count). The van der Waals surface area contributed by atoms with Crippen LogP contribution in [0.15, 0.2) is 47.2 Å². The third-order valence-corrected chi connectivity index (χ3v) is 6.63. The van der Waals surface area contributed by atoms with Crippen molar-refractivity contribution in [3.05, 3.63) is 68.4 Å². The first-order chi connectivity index (χ1) is 16.8. The number of nitrogens with one attached hydrogen (secondary N) is 3. The Bertz CT molecular complexity index is 1310. The van der Waals surface area contributed by atoms with Crippen LogP contribution in [0.3, 0.4) is 0 Å². The molecule has 1 aromatic heterocycles. The number of halogens is 1. The highest BCUT2D eigenvalue weighted by atomic mass is 79.9. The average Bonchev–Trinajstić information content (AvgIpc) is 2.85. The number of carbonyl (C=O) groups excluding carboxylic acids is 2. The van der Waals surface area contributed by atoms with E-state index in [1.54, 1.807) is 18.3 Å². The number of phenols is 1. The van der Waals surface area contributed by atoms with Crippen LogP contribution in [0, 0.1) is 10.1 Å². The Hall–Kier alpha value is -3.73. The number of pyridine rings is 1. The maximum atomic E-state index is 13.2. The highest BCUT2D eigenvalue weighted by Gasteiger charge is 2.31. The molecule has 11 heteroatoms. The summed E-state index contributed by atoms with van der Waals surface area (Å²) in [6.07, 6.45) is 6.00. The highest BCUT2D eigenvalue weighted by Crippen LogP contribution is 2.35. The molecule has 2 atom stereocenters. The molecule has 0 saturated heterocycles. The van der Waals surface area contributed by atoms with Crippen molar-refractivity contribution in [1.82, 2.24) is 15.6 Å². The van der Waals surface area contributed by atoms with Crippen molar-refractivity contribution in [1.29, 1.82) is 0 Å². The first-order valence-corrected chi connectivity index (χ1v) is 11.9. The summed E-state index contributed by atoms with van der Waals surface area (Å²) in [5.74, 6) is -0.889. The topological polar surface area (TPSA) is 146 Å². The molecule has 10 nitrogen and oxygen atoms in total. The first-order valence-electron chi connectivity index (χ1n) is 11.1. The van der Waals surface area contributed by atoms with Crippen LogP contribution >= 0.6 is 15.9 Å². The van der Waals surface area contributed by atoms with Gasteiger partial charge in [0.2, 0.25) is 0 Å². The molecule has 0 bridgehead atoms. The molecule has 2 aromatic carbocycles. The SMILES string of the molecule is CNC(=O)c1cc(Br)cc([N+](=O)[O-])c1NC1CCCCC1NC(=O)c1cncc2cccc(O)c12. The third-order valence-electron chi connectivity index (χ3n) is 6.17. The number of nitro benzene ring substituents is 1. The summed E-state index contributed by atoms with van der Waals surface area (Å²) in [7, 11) is 1.45. The second-order valence-electron chi connectivity index (χ2n) is 8.36. The lowest BCUT2D eigenvalue weighted by Crippen LogP contribution is -2.48. The van der Waals surface area contributed by atoms with Crippen LogP contribution in [0.2, 0.25) is 0 Å². The zero-order valence-corrected chi connectivity index (χ0v) is 20.5. The monoisotopic (exact) mass is 541 g/mol. The fourth-order valence-electron chi connectivity index (χ4n) is 4.50. The van der Waals surface area contributed by atoms with Crippen molar-refractivity contribution < 1.29 is 19.6 Å². The second kappa shape index (κ2) is 10.3. The Morgan fingerprint density at radius 2 is 1.86 bits per heavy atom. The number of nitro groups is 1. The van der Waals surface area contributed by atoms with Crippen molar-refractivity contribution in [2.45, 2.75) is 37.8 Å². The van der Waals surface area contributed by atoms with Gasteiger partial charge < -0.3 is 21.1 Å². The molecule has 1 saturated carbocycles. The molecule has 0 aliphatic heterocycles. The lowest BCUT2D eigenvalue weighted by molar-refractivity contribution is -0.384. The van der Waals surface area contributed by atoms with Crippen molar-refractivity contribution in [2.24, 2.45) is 0 Å². The Kier molecular flexibility index (Phi) is 7.15. The summed E-state index contributed by atoms with van der Waals surface area (Å²) < 4.78 is 0.408. The van der Waals surface area contributed by atoms with Crippen molar-refractivity contribution in [2.75, 3.05) is 12.4 Å². The van der Waals surface area contributed by atoms with Crippen molar-refractivity contribution in [3.8, 4) is 5.75 Å². The van der Waals surface area contributed by atoms with Crippen LogP contribution in [0.4, 0.5) is 11.4 Å². The molecule has 1 fully saturated rings. The molecule has 2 unspecified atom stereocenters. The Morgan fingerprint density at radius 1 is 1.11 bits per heavy atom. The van der Waals surface area contributed by atoms with Gasteiger partial charge in [0, 0.05) is 52.8 Å². The van der Waals surface area contributed by atoms with E-state index in [1.807, 2.05) is 0 Å². The van der Waals surface area contributed by atoms with Gasteiger partial charge in [0.15, 0.2) is 0 Å². The minimum Gasteiger partial charge on any atom is -0.507 e. The maximum absolute atomic E-state index is 13.2. The van der Waals surface area contributed by atoms with Gasteiger partial charge in [-0.2, -0.15) is 0 Å². The quantitative estimate of drug-likeness (QED) is 0.271. The third kappa shape index (κ3) is 5.04. The van der Waals surface area contributed by atoms with Gasteiger partial charge in [0.05, 0.1) is 16.1 Å². The van der Waals surface area contributed by atoms with Crippen LogP contribution < -0.4 is 16.0 Å². The molecule has 0 radical (unpaired) electrons. The van der Waals surface area contributed by atoms with E-state index in [0.29, 0.717) is 28.1 Å². The molecule has 0 spiro atoms. The molecule has 182 valence electrons. The highest BCUT2D eigenvalue weighted by molar-refractivity contribution is 9.10. The van der Waals surface area contributed by atoms with E-state index in [2.05, 4.69) is 36.9 Å². The predicted molar refractivity (Wildman–Crippen MR) is 135 cm³/mol. The van der Waals surface area contributed by atoms with E-state index < -0.39 is 16.7 Å². The number of hydrogen-bond acceptors (Lipinski definition) is 7. The van der Waals surface area contributed by atoms with Gasteiger partial charge in [0.25, 0.3) is 17.5 Å². The van der Waals surface area contributed by atoms with Gasteiger partial charge in [-0.1, -0.05) is 40.9 Å². The molecule has 1 aliphatic rings. The van der Waals surface area contributed by atoms with E-state index in [4.69, 9.17) is 0 Å². The predicted octanol–water partition coefficient (Wildman–Crippen LogP) is 4.12. The zero-order valence-electron chi connectivity index (χ0n) is 18.9. The largest absolute Gasteiger partial charge is 0.507 e. The molecule has 4 N–H and O–H groups in total. The number of amides is 2. The molecule has 2 amide bonds.